The zero-order valence-corrected chi connectivity index (χ0v) is 10.7. The number of aliphatic carboxylic acids is 1. The molecule has 2 aliphatic rings. The van der Waals surface area contributed by atoms with Gasteiger partial charge in [0.1, 0.15) is 0 Å². The van der Waals surface area contributed by atoms with E-state index in [1.54, 1.807) is 0 Å². The molecule has 0 aromatic carbocycles. The van der Waals surface area contributed by atoms with Crippen molar-refractivity contribution in [2.24, 2.45) is 17.8 Å². The van der Waals surface area contributed by atoms with Gasteiger partial charge in [-0.1, -0.05) is 12.8 Å². The van der Waals surface area contributed by atoms with Crippen LogP contribution in [0.15, 0.2) is 0 Å². The van der Waals surface area contributed by atoms with E-state index in [1.165, 1.54) is 0 Å². The molecule has 1 aliphatic heterocycles. The Bertz CT molecular complexity index is 313. The fraction of sp³-hybridized carbons (Fsp3) is 0.846. The third-order valence-corrected chi connectivity index (χ3v) is 4.20. The Hall–Kier alpha value is -1.10. The summed E-state index contributed by atoms with van der Waals surface area (Å²) in [5, 5.41) is 15.3. The highest BCUT2D eigenvalue weighted by molar-refractivity contribution is 5.79. The monoisotopic (exact) mass is 254 g/mol. The van der Waals surface area contributed by atoms with Gasteiger partial charge in [-0.05, 0) is 31.7 Å². The van der Waals surface area contributed by atoms with Crippen LogP contribution in [0.25, 0.3) is 0 Å². The Morgan fingerprint density at radius 3 is 2.67 bits per heavy atom. The maximum Gasteiger partial charge on any atom is 0.306 e. The third kappa shape index (κ3) is 3.22. The minimum atomic E-state index is -0.712. The van der Waals surface area contributed by atoms with Gasteiger partial charge in [0.15, 0.2) is 0 Å². The second-order valence-electron chi connectivity index (χ2n) is 5.42. The number of carbonyl (C=O) groups excluding carboxylic acids is 1. The summed E-state index contributed by atoms with van der Waals surface area (Å²) in [4.78, 5) is 23.0. The normalized spacial score (nSPS) is 32.1. The van der Waals surface area contributed by atoms with Gasteiger partial charge < -0.3 is 15.7 Å². The highest BCUT2D eigenvalue weighted by Crippen LogP contribution is 2.29. The first kappa shape index (κ1) is 13.3. The van der Waals surface area contributed by atoms with Crippen molar-refractivity contribution >= 4 is 11.9 Å². The predicted molar refractivity (Wildman–Crippen MR) is 67.1 cm³/mol. The van der Waals surface area contributed by atoms with Crippen LogP contribution >= 0.6 is 0 Å². The van der Waals surface area contributed by atoms with Crippen molar-refractivity contribution in [1.82, 2.24) is 10.6 Å². The van der Waals surface area contributed by atoms with E-state index >= 15 is 0 Å². The highest BCUT2D eigenvalue weighted by atomic mass is 16.4. The number of hydrogen-bond acceptors (Lipinski definition) is 3. The first-order valence-corrected chi connectivity index (χ1v) is 6.89. The van der Waals surface area contributed by atoms with Crippen LogP contribution in [-0.4, -0.2) is 36.6 Å². The molecule has 1 saturated heterocycles. The van der Waals surface area contributed by atoms with Gasteiger partial charge in [0, 0.05) is 13.1 Å². The standard InChI is InChI=1S/C13H22N2O3/c16-12(10-5-6-14-7-10)15-8-9-3-1-2-4-11(9)13(17)18/h9-11,14H,1-8H2,(H,15,16)(H,17,18). The molecule has 0 radical (unpaired) electrons. The van der Waals surface area contributed by atoms with Gasteiger partial charge in [0.2, 0.25) is 5.91 Å². The zero-order valence-electron chi connectivity index (χ0n) is 10.7. The number of rotatable bonds is 4. The molecule has 1 amide bonds. The quantitative estimate of drug-likeness (QED) is 0.686. The minimum Gasteiger partial charge on any atom is -0.481 e. The van der Waals surface area contributed by atoms with Crippen molar-refractivity contribution in [3.63, 3.8) is 0 Å². The molecule has 5 nitrogen and oxygen atoms in total. The summed E-state index contributed by atoms with van der Waals surface area (Å²) in [7, 11) is 0. The Morgan fingerprint density at radius 1 is 1.22 bits per heavy atom. The van der Waals surface area contributed by atoms with Gasteiger partial charge in [-0.3, -0.25) is 9.59 Å². The first-order chi connectivity index (χ1) is 8.68. The molecule has 5 heteroatoms. The summed E-state index contributed by atoms with van der Waals surface area (Å²) in [6.07, 6.45) is 4.63. The Morgan fingerprint density at radius 2 is 2.00 bits per heavy atom. The van der Waals surface area contributed by atoms with E-state index in [0.717, 1.165) is 45.2 Å². The number of amides is 1. The largest absolute Gasteiger partial charge is 0.481 e. The van der Waals surface area contributed by atoms with Crippen molar-refractivity contribution in [2.75, 3.05) is 19.6 Å². The minimum absolute atomic E-state index is 0.0665. The highest BCUT2D eigenvalue weighted by Gasteiger charge is 2.31. The lowest BCUT2D eigenvalue weighted by molar-refractivity contribution is -0.145. The third-order valence-electron chi connectivity index (χ3n) is 4.20. The van der Waals surface area contributed by atoms with E-state index in [-0.39, 0.29) is 23.7 Å². The van der Waals surface area contributed by atoms with E-state index in [1.807, 2.05) is 0 Å². The number of hydrogen-bond donors (Lipinski definition) is 3. The molecule has 0 bridgehead atoms. The van der Waals surface area contributed by atoms with Crippen LogP contribution in [0.1, 0.15) is 32.1 Å². The fourth-order valence-electron chi connectivity index (χ4n) is 3.03. The van der Waals surface area contributed by atoms with E-state index in [9.17, 15) is 9.59 Å². The molecular formula is C13H22N2O3. The molecule has 3 unspecified atom stereocenters. The molecule has 3 N–H and O–H groups in total. The van der Waals surface area contributed by atoms with Gasteiger partial charge in [-0.2, -0.15) is 0 Å². The molecule has 1 aliphatic carbocycles. The van der Waals surface area contributed by atoms with Crippen LogP contribution in [0, 0.1) is 17.8 Å². The number of carboxylic acids is 1. The zero-order chi connectivity index (χ0) is 13.0. The van der Waals surface area contributed by atoms with Crippen LogP contribution in [0.2, 0.25) is 0 Å². The summed E-state index contributed by atoms with van der Waals surface area (Å²) < 4.78 is 0. The molecule has 0 aromatic heterocycles. The molecular weight excluding hydrogens is 232 g/mol. The molecule has 18 heavy (non-hydrogen) atoms. The van der Waals surface area contributed by atoms with Gasteiger partial charge in [-0.15, -0.1) is 0 Å². The van der Waals surface area contributed by atoms with E-state index in [0.29, 0.717) is 6.54 Å². The topological polar surface area (TPSA) is 78.4 Å². The maximum absolute atomic E-state index is 11.9. The second-order valence-corrected chi connectivity index (χ2v) is 5.42. The average Bonchev–Trinajstić information content (AvgIpc) is 2.90. The summed E-state index contributed by atoms with van der Waals surface area (Å²) in [5.74, 6) is -0.738. The number of nitrogens with one attached hydrogen (secondary N) is 2. The molecule has 2 fully saturated rings. The van der Waals surface area contributed by atoms with Crippen LogP contribution in [0.5, 0.6) is 0 Å². The lowest BCUT2D eigenvalue weighted by Crippen LogP contribution is -2.40. The van der Waals surface area contributed by atoms with E-state index < -0.39 is 5.97 Å². The summed E-state index contributed by atoms with van der Waals surface area (Å²) in [5.41, 5.74) is 0. The molecule has 1 heterocycles. The molecule has 1 saturated carbocycles. The van der Waals surface area contributed by atoms with Gasteiger partial charge in [0.25, 0.3) is 0 Å². The van der Waals surface area contributed by atoms with Crippen molar-refractivity contribution < 1.29 is 14.7 Å². The molecule has 3 atom stereocenters. The summed E-state index contributed by atoms with van der Waals surface area (Å²) >= 11 is 0. The predicted octanol–water partition coefficient (Wildman–Crippen LogP) is 0.603. The van der Waals surface area contributed by atoms with Gasteiger partial charge in [-0.25, -0.2) is 0 Å². The smallest absolute Gasteiger partial charge is 0.306 e. The van der Waals surface area contributed by atoms with Crippen molar-refractivity contribution in [2.45, 2.75) is 32.1 Å². The maximum atomic E-state index is 11.9. The molecule has 0 spiro atoms. The van der Waals surface area contributed by atoms with Crippen molar-refractivity contribution in [3.05, 3.63) is 0 Å². The summed E-state index contributed by atoms with van der Waals surface area (Å²) in [6, 6.07) is 0. The lowest BCUT2D eigenvalue weighted by atomic mass is 9.79. The molecule has 0 aromatic rings. The van der Waals surface area contributed by atoms with Crippen LogP contribution in [0.3, 0.4) is 0 Å². The van der Waals surface area contributed by atoms with E-state index in [4.69, 9.17) is 5.11 Å². The number of carbonyl (C=O) groups is 2. The Kier molecular flexibility index (Phi) is 4.58. The van der Waals surface area contributed by atoms with E-state index in [2.05, 4.69) is 10.6 Å². The fourth-order valence-corrected chi connectivity index (χ4v) is 3.03. The van der Waals surface area contributed by atoms with Crippen LogP contribution in [-0.2, 0) is 9.59 Å². The molecule has 2 rings (SSSR count). The van der Waals surface area contributed by atoms with Crippen molar-refractivity contribution in [3.8, 4) is 0 Å². The average molecular weight is 254 g/mol. The molecule has 102 valence electrons. The lowest BCUT2D eigenvalue weighted by Gasteiger charge is -2.28. The van der Waals surface area contributed by atoms with Gasteiger partial charge >= 0.3 is 5.97 Å². The SMILES string of the molecule is O=C(NCC1CCCCC1C(=O)O)C1CCNC1. The first-order valence-electron chi connectivity index (χ1n) is 6.89. The second kappa shape index (κ2) is 6.18. The Labute approximate surface area is 107 Å². The van der Waals surface area contributed by atoms with Gasteiger partial charge in [0.05, 0.1) is 11.8 Å². The number of carboxylic acid groups (broad SMARTS) is 1. The Balaban J connectivity index is 1.80. The van der Waals surface area contributed by atoms with Crippen LogP contribution < -0.4 is 10.6 Å². The summed E-state index contributed by atoms with van der Waals surface area (Å²) in [6.45, 7) is 2.17. The van der Waals surface area contributed by atoms with Crippen molar-refractivity contribution in [1.29, 1.82) is 0 Å². The van der Waals surface area contributed by atoms with Crippen LogP contribution in [0.4, 0.5) is 0 Å².